The first kappa shape index (κ1) is 44.1. The largest absolute Gasteiger partial charge is 0.464 e. The number of benzene rings is 3. The van der Waals surface area contributed by atoms with Crippen LogP contribution in [0.4, 0.5) is 26.3 Å². The van der Waals surface area contributed by atoms with Crippen molar-refractivity contribution in [3.05, 3.63) is 150 Å². The molecule has 0 aliphatic heterocycles. The number of halogens is 10. The maximum atomic E-state index is 13.3. The van der Waals surface area contributed by atoms with E-state index in [0.29, 0.717) is 25.4 Å². The number of nitrogens with zero attached hydrogens (tertiary/aromatic N) is 4. The third-order valence-electron chi connectivity index (χ3n) is 7.76. The van der Waals surface area contributed by atoms with Crippen LogP contribution in [0.1, 0.15) is 21.7 Å². The number of methoxy groups -OCH3 is 1. The summed E-state index contributed by atoms with van der Waals surface area (Å²) in [6, 6.07) is 32.7. The van der Waals surface area contributed by atoms with Gasteiger partial charge in [0.25, 0.3) is 0 Å². The minimum Gasteiger partial charge on any atom is -0.464 e. The lowest BCUT2D eigenvalue weighted by molar-refractivity contribution is -0.377. The van der Waals surface area contributed by atoms with Gasteiger partial charge in [0.05, 0.1) is 57.2 Å². The summed E-state index contributed by atoms with van der Waals surface area (Å²) in [5.74, 6) is -0.484. The van der Waals surface area contributed by atoms with Crippen LogP contribution in [0.5, 0.6) is 0 Å². The number of ether oxygens (including phenoxy) is 1. The molecule has 0 aliphatic rings. The maximum absolute atomic E-state index is 13.3. The summed E-state index contributed by atoms with van der Waals surface area (Å²) in [4.78, 5) is 13.1. The third-order valence-corrected chi connectivity index (χ3v) is 11.7. The van der Waals surface area contributed by atoms with Crippen molar-refractivity contribution in [3.8, 4) is 32.5 Å². The Labute approximate surface area is 356 Å². The topological polar surface area (TPSA) is 82.2 Å². The molecule has 19 heteroatoms. The summed E-state index contributed by atoms with van der Waals surface area (Å²) in [7, 11) is 1.33. The van der Waals surface area contributed by atoms with Crippen LogP contribution in [0.2, 0.25) is 10.0 Å². The van der Waals surface area contributed by atoms with Crippen molar-refractivity contribution in [2.45, 2.75) is 24.9 Å². The monoisotopic (exact) mass is 992 g/mol. The van der Waals surface area contributed by atoms with Gasteiger partial charge in [0, 0.05) is 6.07 Å². The Morgan fingerprint density at radius 3 is 1.51 bits per heavy atom. The number of hydrogen-bond donors (Lipinski definition) is 1. The van der Waals surface area contributed by atoms with Gasteiger partial charge in [0.2, 0.25) is 0 Å². The van der Waals surface area contributed by atoms with E-state index >= 15 is 0 Å². The van der Waals surface area contributed by atoms with Crippen molar-refractivity contribution in [3.63, 3.8) is 0 Å². The Morgan fingerprint density at radius 1 is 0.684 bits per heavy atom. The highest BCUT2D eigenvalue weighted by Crippen LogP contribution is 2.51. The number of thiophene rings is 2. The molecule has 0 saturated heterocycles. The molecule has 0 atom stereocenters. The first-order valence-corrected chi connectivity index (χ1v) is 20.0. The van der Waals surface area contributed by atoms with Gasteiger partial charge in [-0.2, -0.15) is 36.5 Å². The molecule has 3 aromatic carbocycles. The highest BCUT2D eigenvalue weighted by molar-refractivity contribution is 9.11. The molecular formula is C38H26Br2Cl2F6N4O3S2. The summed E-state index contributed by atoms with van der Waals surface area (Å²) < 4.78 is 88.4. The second-order valence-electron chi connectivity index (χ2n) is 11.6. The van der Waals surface area contributed by atoms with Crippen molar-refractivity contribution in [1.82, 2.24) is 19.6 Å². The predicted octanol–water partition coefficient (Wildman–Crippen LogP) is 13.1. The second-order valence-corrected chi connectivity index (χ2v) is 17.4. The van der Waals surface area contributed by atoms with Crippen LogP contribution < -0.4 is 0 Å². The van der Waals surface area contributed by atoms with Crippen molar-refractivity contribution >= 4 is 83.7 Å². The Bertz CT molecular complexity index is 2450. The van der Waals surface area contributed by atoms with Gasteiger partial charge < -0.3 is 9.84 Å². The first-order chi connectivity index (χ1) is 26.8. The summed E-state index contributed by atoms with van der Waals surface area (Å²) in [5, 5.41) is 18.1. The molecule has 4 aromatic heterocycles. The van der Waals surface area contributed by atoms with E-state index in [4.69, 9.17) is 27.9 Å². The molecule has 7 rings (SSSR count). The van der Waals surface area contributed by atoms with Crippen LogP contribution in [0.15, 0.2) is 123 Å². The van der Waals surface area contributed by atoms with Crippen molar-refractivity contribution in [2.75, 3.05) is 7.11 Å². The van der Waals surface area contributed by atoms with E-state index in [2.05, 4.69) is 61.1 Å². The number of carbonyl (C=O) groups is 1. The lowest BCUT2D eigenvalue weighted by atomic mass is 9.98. The Hall–Kier alpha value is -3.97. The number of esters is 1. The van der Waals surface area contributed by atoms with Gasteiger partial charge in [-0.3, -0.25) is 0 Å². The van der Waals surface area contributed by atoms with Crippen molar-refractivity contribution < 1.29 is 41.0 Å². The van der Waals surface area contributed by atoms with Crippen molar-refractivity contribution in [2.24, 2.45) is 0 Å². The standard InChI is InChI=1S/C16H8BrClF6N2OS.C15H10BrClN2O2S.C7H8/c17-13-6-5-11(28-13)10-7-12(14(27,15(19,20)21)16(22,23)24)25-26(10)9-4-2-1-3-8(9)18;1-21-15(20)10-8-12(13-6-7-14(16)22-13)19(18-10)11-5-3-2-4-9(11)17;1-7-5-3-2-4-6-7/h1-7,27H;2-8H,1H3;2-6H,1H3. The number of aryl methyl sites for hydroxylation is 1. The summed E-state index contributed by atoms with van der Waals surface area (Å²) >= 11 is 21.6. The summed E-state index contributed by atoms with van der Waals surface area (Å²) in [6.07, 6.45) is -12.1. The van der Waals surface area contributed by atoms with Gasteiger partial charge in [-0.05, 0) is 93.4 Å². The minimum atomic E-state index is -6.04. The molecule has 0 fully saturated rings. The molecule has 0 saturated carbocycles. The number of aliphatic hydroxyl groups is 1. The Balaban J connectivity index is 0.000000189. The number of rotatable bonds is 6. The molecule has 0 unspecified atom stereocenters. The zero-order valence-corrected chi connectivity index (χ0v) is 35.4. The lowest BCUT2D eigenvalue weighted by Gasteiger charge is -2.30. The van der Waals surface area contributed by atoms with Crippen LogP contribution in [0.3, 0.4) is 0 Å². The van der Waals surface area contributed by atoms with Crippen LogP contribution in [-0.2, 0) is 10.3 Å². The second kappa shape index (κ2) is 18.3. The average Bonchev–Trinajstić information content (AvgIpc) is 3.98. The van der Waals surface area contributed by atoms with Crippen LogP contribution in [-0.4, -0.2) is 50.1 Å². The van der Waals surface area contributed by atoms with Gasteiger partial charge in [0.15, 0.2) is 5.69 Å². The normalized spacial score (nSPS) is 11.7. The fourth-order valence-electron chi connectivity index (χ4n) is 5.00. The van der Waals surface area contributed by atoms with Crippen molar-refractivity contribution in [1.29, 1.82) is 0 Å². The predicted molar refractivity (Wildman–Crippen MR) is 218 cm³/mol. The van der Waals surface area contributed by atoms with E-state index in [9.17, 15) is 36.2 Å². The zero-order valence-electron chi connectivity index (χ0n) is 29.1. The van der Waals surface area contributed by atoms with E-state index in [1.807, 2.05) is 48.5 Å². The van der Waals surface area contributed by atoms with Crippen LogP contribution >= 0.6 is 77.7 Å². The van der Waals surface area contributed by atoms with E-state index in [-0.39, 0.29) is 22.1 Å². The van der Waals surface area contributed by atoms with Gasteiger partial charge in [-0.25, -0.2) is 14.2 Å². The number of aromatic nitrogens is 4. The van der Waals surface area contributed by atoms with Gasteiger partial charge >= 0.3 is 23.9 Å². The zero-order chi connectivity index (χ0) is 41.7. The molecule has 1 N–H and O–H groups in total. The maximum Gasteiger partial charge on any atom is 0.432 e. The average molecular weight is 995 g/mol. The number of carbonyl (C=O) groups excluding carboxylic acids is 1. The Morgan fingerprint density at radius 2 is 1.12 bits per heavy atom. The third kappa shape index (κ3) is 10.0. The molecule has 0 radical (unpaired) electrons. The number of alkyl halides is 6. The smallest absolute Gasteiger partial charge is 0.432 e. The molecule has 0 aliphatic carbocycles. The lowest BCUT2D eigenvalue weighted by Crippen LogP contribution is -2.54. The Kier molecular flexibility index (Phi) is 14.2. The summed E-state index contributed by atoms with van der Waals surface area (Å²) in [5.41, 5.74) is -3.73. The summed E-state index contributed by atoms with van der Waals surface area (Å²) in [6.45, 7) is 2.08. The molecule has 7 aromatic rings. The van der Waals surface area contributed by atoms with Gasteiger partial charge in [-0.1, -0.05) is 83.4 Å². The molecule has 0 amide bonds. The molecule has 57 heavy (non-hydrogen) atoms. The minimum absolute atomic E-state index is 0.0524. The molecule has 0 bridgehead atoms. The molecule has 4 heterocycles. The molecule has 7 nitrogen and oxygen atoms in total. The van der Waals surface area contributed by atoms with Crippen LogP contribution in [0.25, 0.3) is 32.5 Å². The fourth-order valence-corrected chi connectivity index (χ4v) is 8.20. The quantitative estimate of drug-likeness (QED) is 0.133. The van der Waals surface area contributed by atoms with E-state index in [1.54, 1.807) is 40.3 Å². The van der Waals surface area contributed by atoms with Crippen LogP contribution in [0, 0.1) is 6.92 Å². The fraction of sp³-hybridized carbons (Fsp3) is 0.132. The molecule has 298 valence electrons. The first-order valence-electron chi connectivity index (χ1n) is 16.0. The van der Waals surface area contributed by atoms with Gasteiger partial charge in [-0.15, -0.1) is 22.7 Å². The number of para-hydroxylation sites is 2. The SMILES string of the molecule is COC(=O)c1cc(-c2ccc(Br)s2)n(-c2ccccc2Cl)n1.Cc1ccccc1.OC(c1cc(-c2ccc(Br)s2)n(-c2ccccc2Cl)n1)(C(F)(F)F)C(F)(F)F. The van der Waals surface area contributed by atoms with E-state index < -0.39 is 29.6 Å². The molecule has 0 spiro atoms. The van der Waals surface area contributed by atoms with Gasteiger partial charge in [0.1, 0.15) is 5.69 Å². The number of hydrogen-bond acceptors (Lipinski definition) is 7. The molecular weight excluding hydrogens is 969 g/mol. The van der Waals surface area contributed by atoms with E-state index in [1.165, 1.54) is 36.9 Å². The van der Waals surface area contributed by atoms with E-state index in [0.717, 1.165) is 30.4 Å². The highest BCUT2D eigenvalue weighted by Gasteiger charge is 2.73. The highest BCUT2D eigenvalue weighted by atomic mass is 79.9.